The molecule has 1 amide bonds. The normalized spacial score (nSPS) is 20.9. The zero-order valence-corrected chi connectivity index (χ0v) is 17.7. The molecule has 30 heavy (non-hydrogen) atoms. The van der Waals surface area contributed by atoms with Crippen molar-refractivity contribution in [3.63, 3.8) is 0 Å². The maximum Gasteiger partial charge on any atom is 0.294 e. The van der Waals surface area contributed by atoms with Crippen molar-refractivity contribution in [3.05, 3.63) is 40.4 Å². The minimum atomic E-state index is -0.876. The summed E-state index contributed by atoms with van der Waals surface area (Å²) in [4.78, 5) is 28.0. The average molecular weight is 424 g/mol. The third kappa shape index (κ3) is 8.54. The van der Waals surface area contributed by atoms with Gasteiger partial charge in [0, 0.05) is 25.0 Å². The molecule has 1 aromatic rings. The van der Waals surface area contributed by atoms with Crippen LogP contribution in [0.3, 0.4) is 0 Å². The molecule has 4 unspecified atom stereocenters. The molecule has 0 spiro atoms. The lowest BCUT2D eigenvalue weighted by Gasteiger charge is -2.30. The lowest BCUT2D eigenvalue weighted by Crippen LogP contribution is -2.45. The highest BCUT2D eigenvalue weighted by Gasteiger charge is 2.29. The zero-order chi connectivity index (χ0) is 21.9. The van der Waals surface area contributed by atoms with Crippen molar-refractivity contribution in [1.82, 2.24) is 10.6 Å². The number of ether oxygens (including phenoxy) is 1. The molecule has 9 heteroatoms. The molecule has 1 saturated carbocycles. The highest BCUT2D eigenvalue weighted by Crippen LogP contribution is 2.26. The fraction of sp³-hybridized carbons (Fsp3) is 0.667. The van der Waals surface area contributed by atoms with Crippen LogP contribution in [0.15, 0.2) is 30.3 Å². The van der Waals surface area contributed by atoms with Gasteiger partial charge in [0.15, 0.2) is 0 Å². The highest BCUT2D eigenvalue weighted by molar-refractivity contribution is 5.76. The number of nitrogens with zero attached hydrogens (tertiary/aromatic N) is 1. The number of carbonyl (C=O) groups excluding carboxylic acids is 1. The number of hydrogen-bond acceptors (Lipinski definition) is 7. The largest absolute Gasteiger partial charge is 0.487 e. The maximum atomic E-state index is 12.6. The van der Waals surface area contributed by atoms with E-state index in [9.17, 15) is 20.0 Å². The molecular formula is C21H33N3O6. The van der Waals surface area contributed by atoms with E-state index < -0.39 is 23.4 Å². The van der Waals surface area contributed by atoms with Gasteiger partial charge < -0.3 is 25.3 Å². The summed E-state index contributed by atoms with van der Waals surface area (Å²) in [5, 5.41) is 26.5. The number of aliphatic hydroxyl groups is 1. The van der Waals surface area contributed by atoms with Gasteiger partial charge in [-0.15, -0.1) is 10.1 Å². The lowest BCUT2D eigenvalue weighted by molar-refractivity contribution is -0.771. The van der Waals surface area contributed by atoms with E-state index in [-0.39, 0.29) is 24.3 Å². The van der Waals surface area contributed by atoms with Crippen LogP contribution in [0.4, 0.5) is 0 Å². The Bertz CT molecular complexity index is 657. The van der Waals surface area contributed by atoms with E-state index >= 15 is 0 Å². The lowest BCUT2D eigenvalue weighted by atomic mass is 9.86. The van der Waals surface area contributed by atoms with Crippen molar-refractivity contribution in [2.45, 2.75) is 70.3 Å². The van der Waals surface area contributed by atoms with Crippen LogP contribution in [0.1, 0.15) is 46.0 Å². The van der Waals surface area contributed by atoms with Crippen molar-refractivity contribution in [2.75, 3.05) is 13.1 Å². The van der Waals surface area contributed by atoms with Crippen molar-refractivity contribution in [3.8, 4) is 5.75 Å². The van der Waals surface area contributed by atoms with E-state index in [0.29, 0.717) is 25.3 Å². The van der Waals surface area contributed by atoms with Gasteiger partial charge in [-0.2, -0.15) is 0 Å². The van der Waals surface area contributed by atoms with Crippen LogP contribution in [0.2, 0.25) is 0 Å². The van der Waals surface area contributed by atoms with Gasteiger partial charge in [-0.05, 0) is 25.0 Å². The van der Waals surface area contributed by atoms with E-state index in [1.54, 1.807) is 12.1 Å². The SMILES string of the molecule is CC(C)NCC(O)C(CC(=O)NCC1CCCCC1O[N+](=O)[O-])Oc1ccccc1. The molecule has 0 bridgehead atoms. The number of hydrogen-bond donors (Lipinski definition) is 3. The quantitative estimate of drug-likeness (QED) is 0.347. The van der Waals surface area contributed by atoms with Crippen LogP contribution in [-0.4, -0.2) is 53.5 Å². The van der Waals surface area contributed by atoms with Crippen molar-refractivity contribution >= 4 is 5.91 Å². The van der Waals surface area contributed by atoms with Crippen LogP contribution in [0.25, 0.3) is 0 Å². The molecule has 1 aromatic carbocycles. The first-order valence-corrected chi connectivity index (χ1v) is 10.6. The molecule has 3 N–H and O–H groups in total. The van der Waals surface area contributed by atoms with E-state index in [0.717, 1.165) is 19.3 Å². The predicted molar refractivity (Wildman–Crippen MR) is 111 cm³/mol. The van der Waals surface area contributed by atoms with Crippen molar-refractivity contribution < 1.29 is 24.6 Å². The smallest absolute Gasteiger partial charge is 0.294 e. The number of para-hydroxylation sites is 1. The van der Waals surface area contributed by atoms with Crippen molar-refractivity contribution in [1.29, 1.82) is 0 Å². The van der Waals surface area contributed by atoms with Crippen LogP contribution in [0, 0.1) is 16.0 Å². The van der Waals surface area contributed by atoms with Crippen LogP contribution in [0.5, 0.6) is 5.75 Å². The summed E-state index contributed by atoms with van der Waals surface area (Å²) >= 11 is 0. The van der Waals surface area contributed by atoms with Gasteiger partial charge in [-0.1, -0.05) is 44.9 Å². The highest BCUT2D eigenvalue weighted by atomic mass is 17.0. The molecule has 168 valence electrons. The molecule has 2 rings (SSSR count). The summed E-state index contributed by atoms with van der Waals surface area (Å²) < 4.78 is 5.88. The minimum Gasteiger partial charge on any atom is -0.487 e. The first kappa shape index (κ1) is 23.9. The van der Waals surface area contributed by atoms with E-state index in [2.05, 4.69) is 10.6 Å². The van der Waals surface area contributed by atoms with E-state index in [1.165, 1.54) is 0 Å². The minimum absolute atomic E-state index is 0.0245. The van der Waals surface area contributed by atoms with Crippen LogP contribution < -0.4 is 15.4 Å². The molecule has 4 atom stereocenters. The third-order valence-corrected chi connectivity index (χ3v) is 5.20. The second-order valence-corrected chi connectivity index (χ2v) is 8.02. The van der Waals surface area contributed by atoms with Gasteiger partial charge in [0.05, 0.1) is 6.42 Å². The molecule has 0 saturated heterocycles. The van der Waals surface area contributed by atoms with Gasteiger partial charge in [-0.25, -0.2) is 0 Å². The summed E-state index contributed by atoms with van der Waals surface area (Å²) in [7, 11) is 0. The summed E-state index contributed by atoms with van der Waals surface area (Å²) in [6, 6.07) is 9.24. The Morgan fingerprint density at radius 1 is 1.27 bits per heavy atom. The van der Waals surface area contributed by atoms with E-state index in [1.807, 2.05) is 32.0 Å². The van der Waals surface area contributed by atoms with Crippen LogP contribution in [-0.2, 0) is 9.63 Å². The zero-order valence-electron chi connectivity index (χ0n) is 17.7. The summed E-state index contributed by atoms with van der Waals surface area (Å²) in [5.74, 6) is 0.199. The summed E-state index contributed by atoms with van der Waals surface area (Å²) in [5.41, 5.74) is 0. The second-order valence-electron chi connectivity index (χ2n) is 8.02. The Morgan fingerprint density at radius 3 is 2.63 bits per heavy atom. The fourth-order valence-electron chi connectivity index (χ4n) is 3.57. The first-order chi connectivity index (χ1) is 14.3. The average Bonchev–Trinajstić information content (AvgIpc) is 2.71. The standard InChI is InChI=1S/C21H33N3O6/c1-15(2)22-14-18(25)20(29-17-9-4-3-5-10-17)12-21(26)23-13-16-8-6-7-11-19(16)30-24(27)28/h3-5,9-10,15-16,18-20,22,25H,6-8,11-14H2,1-2H3,(H,23,26). The Kier molecular flexibility index (Phi) is 9.82. The van der Waals surface area contributed by atoms with E-state index in [4.69, 9.17) is 9.57 Å². The molecule has 0 heterocycles. The molecule has 1 aliphatic carbocycles. The Labute approximate surface area is 177 Å². The number of rotatable bonds is 12. The Balaban J connectivity index is 1.92. The second kappa shape index (κ2) is 12.3. The third-order valence-electron chi connectivity index (χ3n) is 5.20. The van der Waals surface area contributed by atoms with Gasteiger partial charge in [0.1, 0.15) is 24.1 Å². The number of carbonyl (C=O) groups is 1. The molecule has 9 nitrogen and oxygen atoms in total. The molecule has 0 aromatic heterocycles. The monoisotopic (exact) mass is 423 g/mol. The van der Waals surface area contributed by atoms with Gasteiger partial charge in [0.2, 0.25) is 5.91 Å². The van der Waals surface area contributed by atoms with Gasteiger partial charge in [0.25, 0.3) is 5.09 Å². The molecule has 0 aliphatic heterocycles. The van der Waals surface area contributed by atoms with Crippen molar-refractivity contribution in [2.24, 2.45) is 5.92 Å². The number of aliphatic hydroxyl groups excluding tert-OH is 1. The first-order valence-electron chi connectivity index (χ1n) is 10.6. The topological polar surface area (TPSA) is 123 Å². The predicted octanol–water partition coefficient (Wildman–Crippen LogP) is 2.07. The Hall–Kier alpha value is -2.39. The maximum absolute atomic E-state index is 12.6. The number of amides is 1. The fourth-order valence-corrected chi connectivity index (χ4v) is 3.57. The molecule has 1 fully saturated rings. The van der Waals surface area contributed by atoms with Gasteiger partial charge >= 0.3 is 0 Å². The molecule has 1 aliphatic rings. The van der Waals surface area contributed by atoms with Gasteiger partial charge in [-0.3, -0.25) is 4.79 Å². The molecular weight excluding hydrogens is 390 g/mol. The summed E-state index contributed by atoms with van der Waals surface area (Å²) in [6.45, 7) is 4.54. The number of benzene rings is 1. The number of nitrogens with one attached hydrogen (secondary N) is 2. The van der Waals surface area contributed by atoms with Crippen LogP contribution >= 0.6 is 0 Å². The Morgan fingerprint density at radius 2 is 1.97 bits per heavy atom. The molecule has 0 radical (unpaired) electrons. The summed E-state index contributed by atoms with van der Waals surface area (Å²) in [6.07, 6.45) is 1.09.